The fraction of sp³-hybridized carbons (Fsp3) is 0.273. The third kappa shape index (κ3) is 2.45. The second kappa shape index (κ2) is 4.93. The SMILES string of the molecule is CNc1nc(Sc2cc(C)nn2C)c(F)cc1F. The molecule has 2 heterocycles. The molecule has 0 saturated heterocycles. The summed E-state index contributed by atoms with van der Waals surface area (Å²) in [5.74, 6) is -1.37. The summed E-state index contributed by atoms with van der Waals surface area (Å²) in [6.45, 7) is 1.84. The lowest BCUT2D eigenvalue weighted by molar-refractivity contribution is 0.551. The van der Waals surface area contributed by atoms with Gasteiger partial charge in [0, 0.05) is 20.2 Å². The van der Waals surface area contributed by atoms with Crippen molar-refractivity contribution in [3.8, 4) is 0 Å². The van der Waals surface area contributed by atoms with Crippen LogP contribution in [0.15, 0.2) is 22.2 Å². The Morgan fingerprint density at radius 2 is 2.00 bits per heavy atom. The number of pyridine rings is 1. The van der Waals surface area contributed by atoms with Crippen LogP contribution in [0.25, 0.3) is 0 Å². The van der Waals surface area contributed by atoms with Gasteiger partial charge in [-0.1, -0.05) is 0 Å². The summed E-state index contributed by atoms with van der Waals surface area (Å²) in [5, 5.41) is 7.59. The lowest BCUT2D eigenvalue weighted by Crippen LogP contribution is -2.00. The number of aromatic nitrogens is 3. The van der Waals surface area contributed by atoms with Gasteiger partial charge in [-0.3, -0.25) is 4.68 Å². The van der Waals surface area contributed by atoms with Crippen LogP contribution in [0.5, 0.6) is 0 Å². The maximum atomic E-state index is 13.6. The average Bonchev–Trinajstić information content (AvgIpc) is 2.61. The van der Waals surface area contributed by atoms with Crippen molar-refractivity contribution in [2.45, 2.75) is 17.0 Å². The summed E-state index contributed by atoms with van der Waals surface area (Å²) in [5.41, 5.74) is 0.830. The standard InChI is InChI=1S/C11H12F2N4S/c1-6-4-9(17(3)16-6)18-11-8(13)5-7(12)10(14-2)15-11/h4-5H,1-3H3,(H,14,15). The normalized spacial score (nSPS) is 10.7. The van der Waals surface area contributed by atoms with Crippen LogP contribution in [0.4, 0.5) is 14.6 Å². The summed E-state index contributed by atoms with van der Waals surface area (Å²) in [4.78, 5) is 3.90. The molecule has 0 aliphatic carbocycles. The zero-order chi connectivity index (χ0) is 13.3. The molecular weight excluding hydrogens is 258 g/mol. The zero-order valence-electron chi connectivity index (χ0n) is 10.2. The summed E-state index contributed by atoms with van der Waals surface area (Å²) in [6.07, 6.45) is 0. The van der Waals surface area contributed by atoms with Gasteiger partial charge < -0.3 is 5.32 Å². The van der Waals surface area contributed by atoms with Crippen molar-refractivity contribution in [1.82, 2.24) is 14.8 Å². The molecule has 2 aromatic heterocycles. The molecule has 2 rings (SSSR count). The Labute approximate surface area is 107 Å². The van der Waals surface area contributed by atoms with E-state index >= 15 is 0 Å². The molecule has 0 saturated carbocycles. The number of hydrogen-bond donors (Lipinski definition) is 1. The Morgan fingerprint density at radius 1 is 1.28 bits per heavy atom. The van der Waals surface area contributed by atoms with E-state index < -0.39 is 11.6 Å². The maximum absolute atomic E-state index is 13.6. The molecule has 0 aromatic carbocycles. The molecule has 0 unspecified atom stereocenters. The van der Waals surface area contributed by atoms with E-state index in [1.54, 1.807) is 11.7 Å². The number of nitrogens with one attached hydrogen (secondary N) is 1. The number of nitrogens with zero attached hydrogens (tertiary/aromatic N) is 3. The van der Waals surface area contributed by atoms with Crippen molar-refractivity contribution in [3.63, 3.8) is 0 Å². The highest BCUT2D eigenvalue weighted by atomic mass is 32.2. The molecule has 2 aromatic rings. The summed E-state index contributed by atoms with van der Waals surface area (Å²) in [6, 6.07) is 2.64. The highest BCUT2D eigenvalue weighted by molar-refractivity contribution is 7.99. The Morgan fingerprint density at radius 3 is 2.56 bits per heavy atom. The third-order valence-electron chi connectivity index (χ3n) is 2.29. The minimum atomic E-state index is -0.708. The van der Waals surface area contributed by atoms with E-state index in [-0.39, 0.29) is 10.8 Å². The van der Waals surface area contributed by atoms with Gasteiger partial charge in [0.15, 0.2) is 17.5 Å². The first-order valence-corrected chi connectivity index (χ1v) is 6.05. The van der Waals surface area contributed by atoms with Crippen LogP contribution in [-0.2, 0) is 7.05 Å². The van der Waals surface area contributed by atoms with Crippen LogP contribution in [0, 0.1) is 18.6 Å². The summed E-state index contributed by atoms with van der Waals surface area (Å²) >= 11 is 1.11. The van der Waals surface area contributed by atoms with Crippen LogP contribution in [0.2, 0.25) is 0 Å². The van der Waals surface area contributed by atoms with E-state index in [4.69, 9.17) is 0 Å². The second-order valence-corrected chi connectivity index (χ2v) is 4.71. The molecule has 4 nitrogen and oxygen atoms in total. The van der Waals surface area contributed by atoms with Crippen molar-refractivity contribution in [1.29, 1.82) is 0 Å². The first-order chi connectivity index (χ1) is 8.51. The number of hydrogen-bond acceptors (Lipinski definition) is 4. The first-order valence-electron chi connectivity index (χ1n) is 5.23. The first kappa shape index (κ1) is 12.8. The zero-order valence-corrected chi connectivity index (χ0v) is 11.0. The van der Waals surface area contributed by atoms with Gasteiger partial charge >= 0.3 is 0 Å². The van der Waals surface area contributed by atoms with Crippen LogP contribution in [-0.4, -0.2) is 21.8 Å². The molecule has 0 spiro atoms. The van der Waals surface area contributed by atoms with E-state index in [2.05, 4.69) is 15.4 Å². The van der Waals surface area contributed by atoms with Crippen LogP contribution < -0.4 is 5.32 Å². The van der Waals surface area contributed by atoms with Gasteiger partial charge in [0.2, 0.25) is 0 Å². The van der Waals surface area contributed by atoms with E-state index in [9.17, 15) is 8.78 Å². The Kier molecular flexibility index (Phi) is 3.51. The molecule has 0 radical (unpaired) electrons. The quantitative estimate of drug-likeness (QED) is 0.931. The number of rotatable bonds is 3. The van der Waals surface area contributed by atoms with E-state index in [1.165, 1.54) is 7.05 Å². The van der Waals surface area contributed by atoms with Gasteiger partial charge in [-0.15, -0.1) is 0 Å². The minimum Gasteiger partial charge on any atom is -0.371 e. The van der Waals surface area contributed by atoms with Crippen LogP contribution >= 0.6 is 11.8 Å². The maximum Gasteiger partial charge on any atom is 0.168 e. The molecule has 0 atom stereocenters. The van der Waals surface area contributed by atoms with Gasteiger partial charge in [-0.05, 0) is 24.8 Å². The summed E-state index contributed by atoms with van der Waals surface area (Å²) in [7, 11) is 3.29. The number of anilines is 1. The molecule has 18 heavy (non-hydrogen) atoms. The minimum absolute atomic E-state index is 0.0257. The van der Waals surface area contributed by atoms with Gasteiger partial charge in [0.05, 0.1) is 5.69 Å². The van der Waals surface area contributed by atoms with Crippen molar-refractivity contribution >= 4 is 17.6 Å². The Balaban J connectivity index is 2.37. The van der Waals surface area contributed by atoms with Gasteiger partial charge in [0.1, 0.15) is 10.1 Å². The Hall–Kier alpha value is -1.63. The van der Waals surface area contributed by atoms with E-state index in [1.807, 2.05) is 13.0 Å². The Bertz CT molecular complexity index is 583. The van der Waals surface area contributed by atoms with Gasteiger partial charge in [-0.2, -0.15) is 5.10 Å². The third-order valence-corrected chi connectivity index (χ3v) is 3.37. The lowest BCUT2D eigenvalue weighted by Gasteiger charge is -2.06. The molecule has 0 fully saturated rings. The average molecular weight is 270 g/mol. The predicted octanol–water partition coefficient (Wildman–Crippen LogP) is 2.59. The van der Waals surface area contributed by atoms with Gasteiger partial charge in [-0.25, -0.2) is 13.8 Å². The molecular formula is C11H12F2N4S. The van der Waals surface area contributed by atoms with Crippen LogP contribution in [0.1, 0.15) is 5.69 Å². The molecule has 96 valence electrons. The topological polar surface area (TPSA) is 42.7 Å². The molecule has 0 amide bonds. The largest absolute Gasteiger partial charge is 0.371 e. The molecule has 7 heteroatoms. The fourth-order valence-electron chi connectivity index (χ4n) is 1.48. The van der Waals surface area contributed by atoms with E-state index in [0.717, 1.165) is 28.5 Å². The monoisotopic (exact) mass is 270 g/mol. The smallest absolute Gasteiger partial charge is 0.168 e. The second-order valence-electron chi connectivity index (χ2n) is 3.71. The van der Waals surface area contributed by atoms with Crippen LogP contribution in [0.3, 0.4) is 0 Å². The van der Waals surface area contributed by atoms with E-state index in [0.29, 0.717) is 0 Å². The van der Waals surface area contributed by atoms with Crippen molar-refractivity contribution in [3.05, 3.63) is 29.5 Å². The van der Waals surface area contributed by atoms with Gasteiger partial charge in [0.25, 0.3) is 0 Å². The molecule has 0 aliphatic rings. The lowest BCUT2D eigenvalue weighted by atomic mass is 10.4. The van der Waals surface area contributed by atoms with Crippen molar-refractivity contribution in [2.75, 3.05) is 12.4 Å². The summed E-state index contributed by atoms with van der Waals surface area (Å²) < 4.78 is 28.5. The number of aryl methyl sites for hydroxylation is 2. The molecule has 0 aliphatic heterocycles. The predicted molar refractivity (Wildman–Crippen MR) is 65.8 cm³/mol. The van der Waals surface area contributed by atoms with Crippen molar-refractivity contribution < 1.29 is 8.78 Å². The molecule has 0 bridgehead atoms. The highest BCUT2D eigenvalue weighted by Gasteiger charge is 2.14. The molecule has 1 N–H and O–H groups in total. The highest BCUT2D eigenvalue weighted by Crippen LogP contribution is 2.30. The number of halogens is 2. The van der Waals surface area contributed by atoms with Crippen molar-refractivity contribution in [2.24, 2.45) is 7.05 Å². The fourth-order valence-corrected chi connectivity index (χ4v) is 2.37.